The SMILES string of the molecule is CCO[C@H]1CC(=O)CC[C@@H]1C(=O)O. The minimum absolute atomic E-state index is 0.107. The minimum atomic E-state index is -0.856. The molecule has 4 nitrogen and oxygen atoms in total. The molecule has 1 aliphatic rings. The number of rotatable bonds is 3. The zero-order chi connectivity index (χ0) is 9.84. The van der Waals surface area contributed by atoms with Gasteiger partial charge in [-0.2, -0.15) is 0 Å². The Hall–Kier alpha value is -0.900. The first-order chi connectivity index (χ1) is 6.15. The summed E-state index contributed by atoms with van der Waals surface area (Å²) in [6, 6.07) is 0. The van der Waals surface area contributed by atoms with Gasteiger partial charge < -0.3 is 9.84 Å². The Bertz CT molecular complexity index is 212. The molecule has 1 N–H and O–H groups in total. The van der Waals surface area contributed by atoms with E-state index >= 15 is 0 Å². The molecule has 0 saturated heterocycles. The number of carboxylic acids is 1. The van der Waals surface area contributed by atoms with E-state index in [2.05, 4.69) is 0 Å². The van der Waals surface area contributed by atoms with Crippen molar-refractivity contribution in [2.45, 2.75) is 32.3 Å². The Labute approximate surface area is 76.9 Å². The van der Waals surface area contributed by atoms with E-state index < -0.39 is 18.0 Å². The first-order valence-electron chi connectivity index (χ1n) is 4.51. The van der Waals surface area contributed by atoms with Crippen molar-refractivity contribution in [3.8, 4) is 0 Å². The standard InChI is InChI=1S/C9H14O4/c1-2-13-8-5-6(10)3-4-7(8)9(11)12/h7-8H,2-5H2,1H3,(H,11,12)/t7-,8-/m0/s1. The van der Waals surface area contributed by atoms with Crippen molar-refractivity contribution in [3.05, 3.63) is 0 Å². The molecule has 0 aromatic carbocycles. The Kier molecular flexibility index (Phi) is 3.42. The quantitative estimate of drug-likeness (QED) is 0.709. The van der Waals surface area contributed by atoms with Gasteiger partial charge in [-0.05, 0) is 13.3 Å². The maximum absolute atomic E-state index is 11.0. The number of ether oxygens (including phenoxy) is 1. The van der Waals surface area contributed by atoms with Crippen molar-refractivity contribution in [3.63, 3.8) is 0 Å². The van der Waals surface area contributed by atoms with Crippen molar-refractivity contribution < 1.29 is 19.4 Å². The predicted octanol–water partition coefficient (Wildman–Crippen LogP) is 0.845. The highest BCUT2D eigenvalue weighted by atomic mass is 16.5. The van der Waals surface area contributed by atoms with E-state index in [1.807, 2.05) is 0 Å². The zero-order valence-corrected chi connectivity index (χ0v) is 7.66. The lowest BCUT2D eigenvalue weighted by molar-refractivity contribution is -0.151. The van der Waals surface area contributed by atoms with Gasteiger partial charge in [0.05, 0.1) is 12.0 Å². The molecule has 0 spiro atoms. The topological polar surface area (TPSA) is 63.6 Å². The van der Waals surface area contributed by atoms with Gasteiger partial charge in [0.1, 0.15) is 5.78 Å². The number of carbonyl (C=O) groups is 2. The fourth-order valence-corrected chi connectivity index (χ4v) is 1.64. The lowest BCUT2D eigenvalue weighted by atomic mass is 9.86. The smallest absolute Gasteiger partial charge is 0.309 e. The monoisotopic (exact) mass is 186 g/mol. The van der Waals surface area contributed by atoms with Gasteiger partial charge in [0.15, 0.2) is 0 Å². The Morgan fingerprint density at radius 3 is 2.92 bits per heavy atom. The first kappa shape index (κ1) is 10.2. The average Bonchev–Trinajstić information content (AvgIpc) is 2.04. The number of ketones is 1. The highest BCUT2D eigenvalue weighted by Gasteiger charge is 2.34. The van der Waals surface area contributed by atoms with Crippen LogP contribution in [0.25, 0.3) is 0 Å². The van der Waals surface area contributed by atoms with Crippen molar-refractivity contribution in [1.29, 1.82) is 0 Å². The van der Waals surface area contributed by atoms with Crippen LogP contribution >= 0.6 is 0 Å². The maximum atomic E-state index is 11.0. The molecule has 0 bridgehead atoms. The molecule has 2 atom stereocenters. The van der Waals surface area contributed by atoms with Gasteiger partial charge in [0, 0.05) is 19.4 Å². The summed E-state index contributed by atoms with van der Waals surface area (Å²) in [5, 5.41) is 8.83. The first-order valence-corrected chi connectivity index (χ1v) is 4.51. The van der Waals surface area contributed by atoms with Crippen LogP contribution in [0.3, 0.4) is 0 Å². The van der Waals surface area contributed by atoms with Crippen molar-refractivity contribution in [1.82, 2.24) is 0 Å². The zero-order valence-electron chi connectivity index (χ0n) is 7.66. The number of carbonyl (C=O) groups excluding carboxylic acids is 1. The van der Waals surface area contributed by atoms with Crippen LogP contribution in [-0.4, -0.2) is 29.6 Å². The fourth-order valence-electron chi connectivity index (χ4n) is 1.64. The van der Waals surface area contributed by atoms with E-state index in [-0.39, 0.29) is 12.2 Å². The largest absolute Gasteiger partial charge is 0.481 e. The highest BCUT2D eigenvalue weighted by molar-refractivity contribution is 5.83. The molecule has 1 fully saturated rings. The van der Waals surface area contributed by atoms with E-state index in [9.17, 15) is 9.59 Å². The van der Waals surface area contributed by atoms with Crippen molar-refractivity contribution in [2.24, 2.45) is 5.92 Å². The third kappa shape index (κ3) is 2.52. The van der Waals surface area contributed by atoms with Gasteiger partial charge in [-0.1, -0.05) is 0 Å². The molecule has 0 unspecified atom stereocenters. The summed E-state index contributed by atoms with van der Waals surface area (Å²) in [6.07, 6.45) is 0.633. The van der Waals surface area contributed by atoms with Crippen LogP contribution in [0.5, 0.6) is 0 Å². The molecule has 0 aromatic heterocycles. The van der Waals surface area contributed by atoms with E-state index in [1.54, 1.807) is 6.92 Å². The minimum Gasteiger partial charge on any atom is -0.481 e. The molecule has 1 rings (SSSR count). The molecule has 0 aliphatic heterocycles. The maximum Gasteiger partial charge on any atom is 0.309 e. The lowest BCUT2D eigenvalue weighted by Gasteiger charge is -2.27. The fraction of sp³-hybridized carbons (Fsp3) is 0.778. The van der Waals surface area contributed by atoms with E-state index in [0.29, 0.717) is 19.4 Å². The molecular formula is C9H14O4. The number of hydrogen-bond donors (Lipinski definition) is 1. The molecule has 0 heterocycles. The van der Waals surface area contributed by atoms with Crippen molar-refractivity contribution >= 4 is 11.8 Å². The summed E-state index contributed by atoms with van der Waals surface area (Å²) in [4.78, 5) is 21.8. The average molecular weight is 186 g/mol. The lowest BCUT2D eigenvalue weighted by Crippen LogP contribution is -2.36. The van der Waals surface area contributed by atoms with E-state index in [4.69, 9.17) is 9.84 Å². The molecule has 4 heteroatoms. The number of Topliss-reactive ketones (excluding diaryl/α,β-unsaturated/α-hetero) is 1. The summed E-state index contributed by atoms with van der Waals surface area (Å²) < 4.78 is 5.23. The summed E-state index contributed by atoms with van der Waals surface area (Å²) in [7, 11) is 0. The summed E-state index contributed by atoms with van der Waals surface area (Å²) >= 11 is 0. The summed E-state index contributed by atoms with van der Waals surface area (Å²) in [5.41, 5.74) is 0. The number of aliphatic carboxylic acids is 1. The number of carboxylic acid groups (broad SMARTS) is 1. The van der Waals surface area contributed by atoms with Crippen molar-refractivity contribution in [2.75, 3.05) is 6.61 Å². The molecule has 0 radical (unpaired) electrons. The highest BCUT2D eigenvalue weighted by Crippen LogP contribution is 2.24. The van der Waals surface area contributed by atoms with Crippen LogP contribution in [0.4, 0.5) is 0 Å². The van der Waals surface area contributed by atoms with Gasteiger partial charge >= 0.3 is 5.97 Å². The molecule has 13 heavy (non-hydrogen) atoms. The Morgan fingerprint density at radius 2 is 2.38 bits per heavy atom. The van der Waals surface area contributed by atoms with Gasteiger partial charge in [-0.25, -0.2) is 0 Å². The number of hydrogen-bond acceptors (Lipinski definition) is 3. The Balaban J connectivity index is 2.60. The van der Waals surface area contributed by atoms with Crippen LogP contribution in [-0.2, 0) is 14.3 Å². The van der Waals surface area contributed by atoms with Crippen LogP contribution < -0.4 is 0 Å². The van der Waals surface area contributed by atoms with Gasteiger partial charge in [0.25, 0.3) is 0 Å². The molecule has 0 amide bonds. The third-order valence-corrected chi connectivity index (χ3v) is 2.31. The second-order valence-electron chi connectivity index (χ2n) is 3.22. The van der Waals surface area contributed by atoms with Crippen LogP contribution in [0.1, 0.15) is 26.2 Å². The molecule has 1 saturated carbocycles. The summed E-state index contributed by atoms with van der Waals surface area (Å²) in [6.45, 7) is 2.26. The van der Waals surface area contributed by atoms with Crippen LogP contribution in [0.15, 0.2) is 0 Å². The van der Waals surface area contributed by atoms with Crippen LogP contribution in [0, 0.1) is 5.92 Å². The van der Waals surface area contributed by atoms with Gasteiger partial charge in [-0.3, -0.25) is 9.59 Å². The summed E-state index contributed by atoms with van der Waals surface area (Å²) in [5.74, 6) is -1.25. The van der Waals surface area contributed by atoms with E-state index in [1.165, 1.54) is 0 Å². The normalized spacial score (nSPS) is 28.8. The van der Waals surface area contributed by atoms with Gasteiger partial charge in [-0.15, -0.1) is 0 Å². The molecule has 1 aliphatic carbocycles. The van der Waals surface area contributed by atoms with Crippen LogP contribution in [0.2, 0.25) is 0 Å². The predicted molar refractivity (Wildman–Crippen MR) is 45.4 cm³/mol. The van der Waals surface area contributed by atoms with E-state index in [0.717, 1.165) is 0 Å². The molecular weight excluding hydrogens is 172 g/mol. The Morgan fingerprint density at radius 1 is 1.69 bits per heavy atom. The second-order valence-corrected chi connectivity index (χ2v) is 3.22. The third-order valence-electron chi connectivity index (χ3n) is 2.31. The van der Waals surface area contributed by atoms with Gasteiger partial charge in [0.2, 0.25) is 0 Å². The molecule has 74 valence electrons. The molecule has 0 aromatic rings. The second kappa shape index (κ2) is 4.37.